The fourth-order valence-corrected chi connectivity index (χ4v) is 3.28. The van der Waals surface area contributed by atoms with Crippen LogP contribution in [-0.2, 0) is 4.74 Å². The summed E-state index contributed by atoms with van der Waals surface area (Å²) in [6.45, 7) is 2.22. The number of Topliss-reactive ketones (excluding diaryl/α,β-unsaturated/α-hetero) is 1. The van der Waals surface area contributed by atoms with E-state index in [0.29, 0.717) is 22.3 Å². The molecule has 3 rings (SSSR count). The second kappa shape index (κ2) is 5.47. The highest BCUT2D eigenvalue weighted by atomic mass is 35.5. The number of halogens is 1. The second-order valence-electron chi connectivity index (χ2n) is 6.00. The van der Waals surface area contributed by atoms with E-state index in [4.69, 9.17) is 20.8 Å². The van der Waals surface area contributed by atoms with Crippen molar-refractivity contribution in [3.63, 3.8) is 0 Å². The molecule has 0 atom stereocenters. The Labute approximate surface area is 129 Å². The van der Waals surface area contributed by atoms with Gasteiger partial charge in [-0.2, -0.15) is 0 Å². The summed E-state index contributed by atoms with van der Waals surface area (Å²) in [6, 6.07) is 7.12. The highest BCUT2D eigenvalue weighted by molar-refractivity contribution is 6.31. The first-order valence-electron chi connectivity index (χ1n) is 7.33. The summed E-state index contributed by atoms with van der Waals surface area (Å²) in [5.41, 5.74) is -0.0531. The standard InChI is InChI=1S/C17H19ClO3/c1-11-5-7-17(20-2,8-6-11)16(19)15-10-12-9-13(18)3-4-14(12)21-15/h3-4,9-11H,5-8H2,1-2H3. The third-order valence-corrected chi connectivity index (χ3v) is 4.82. The van der Waals surface area contributed by atoms with Crippen molar-refractivity contribution in [1.82, 2.24) is 0 Å². The number of hydrogen-bond donors (Lipinski definition) is 0. The molecular weight excluding hydrogens is 288 g/mol. The van der Waals surface area contributed by atoms with Gasteiger partial charge in [0.05, 0.1) is 0 Å². The van der Waals surface area contributed by atoms with E-state index >= 15 is 0 Å². The van der Waals surface area contributed by atoms with Gasteiger partial charge in [0, 0.05) is 17.5 Å². The Balaban J connectivity index is 1.95. The lowest BCUT2D eigenvalue weighted by atomic mass is 9.76. The molecule has 1 fully saturated rings. The molecule has 0 radical (unpaired) electrons. The average Bonchev–Trinajstić information content (AvgIpc) is 2.90. The molecule has 112 valence electrons. The number of furan rings is 1. The third-order valence-electron chi connectivity index (χ3n) is 4.59. The molecule has 0 amide bonds. The second-order valence-corrected chi connectivity index (χ2v) is 6.44. The van der Waals surface area contributed by atoms with E-state index in [2.05, 4.69) is 6.92 Å². The molecule has 1 saturated carbocycles. The zero-order valence-corrected chi connectivity index (χ0v) is 13.1. The van der Waals surface area contributed by atoms with Crippen LogP contribution in [0.1, 0.15) is 43.2 Å². The SMILES string of the molecule is COC1(C(=O)c2cc3cc(Cl)ccc3o2)CCC(C)CC1. The third kappa shape index (κ3) is 2.60. The Morgan fingerprint density at radius 2 is 2.05 bits per heavy atom. The van der Waals surface area contributed by atoms with Crippen molar-refractivity contribution in [3.05, 3.63) is 35.0 Å². The van der Waals surface area contributed by atoms with E-state index in [-0.39, 0.29) is 5.78 Å². The maximum absolute atomic E-state index is 12.9. The number of hydrogen-bond acceptors (Lipinski definition) is 3. The first-order valence-corrected chi connectivity index (χ1v) is 7.71. The fraction of sp³-hybridized carbons (Fsp3) is 0.471. The largest absolute Gasteiger partial charge is 0.453 e. The predicted octanol–water partition coefficient (Wildman–Crippen LogP) is 4.86. The monoisotopic (exact) mass is 306 g/mol. The highest BCUT2D eigenvalue weighted by Gasteiger charge is 2.43. The number of methoxy groups -OCH3 is 1. The van der Waals surface area contributed by atoms with Gasteiger partial charge in [0.25, 0.3) is 0 Å². The maximum atomic E-state index is 12.9. The van der Waals surface area contributed by atoms with Gasteiger partial charge in [0.2, 0.25) is 5.78 Å². The number of ether oxygens (including phenoxy) is 1. The quantitative estimate of drug-likeness (QED) is 0.760. The van der Waals surface area contributed by atoms with E-state index in [9.17, 15) is 4.79 Å². The van der Waals surface area contributed by atoms with E-state index in [1.165, 1.54) is 0 Å². The fourth-order valence-electron chi connectivity index (χ4n) is 3.10. The molecule has 1 heterocycles. The molecular formula is C17H19ClO3. The first-order chi connectivity index (χ1) is 10.0. The molecule has 1 aliphatic carbocycles. The van der Waals surface area contributed by atoms with Gasteiger partial charge in [0.1, 0.15) is 11.2 Å². The van der Waals surface area contributed by atoms with Crippen LogP contribution < -0.4 is 0 Å². The smallest absolute Gasteiger partial charge is 0.229 e. The van der Waals surface area contributed by atoms with Gasteiger partial charge >= 0.3 is 0 Å². The maximum Gasteiger partial charge on any atom is 0.229 e. The molecule has 1 aromatic carbocycles. The molecule has 21 heavy (non-hydrogen) atoms. The number of carbonyl (C=O) groups is 1. The van der Waals surface area contributed by atoms with Crippen molar-refractivity contribution >= 4 is 28.4 Å². The van der Waals surface area contributed by atoms with Crippen LogP contribution >= 0.6 is 11.6 Å². The number of ketones is 1. The Morgan fingerprint density at radius 3 is 2.71 bits per heavy atom. The first kappa shape index (κ1) is 14.6. The summed E-state index contributed by atoms with van der Waals surface area (Å²) in [5.74, 6) is 0.962. The lowest BCUT2D eigenvalue weighted by molar-refractivity contribution is -0.0278. The number of benzene rings is 1. The molecule has 0 aliphatic heterocycles. The minimum Gasteiger partial charge on any atom is -0.453 e. The highest BCUT2D eigenvalue weighted by Crippen LogP contribution is 2.37. The van der Waals surface area contributed by atoms with Crippen molar-refractivity contribution in [2.45, 2.75) is 38.2 Å². The van der Waals surface area contributed by atoms with Crippen LogP contribution in [0.15, 0.2) is 28.7 Å². The average molecular weight is 307 g/mol. The molecule has 0 unspecified atom stereocenters. The number of carbonyl (C=O) groups excluding carboxylic acids is 1. The lowest BCUT2D eigenvalue weighted by Crippen LogP contribution is -2.43. The van der Waals surface area contributed by atoms with Crippen LogP contribution in [0.5, 0.6) is 0 Å². The van der Waals surface area contributed by atoms with Gasteiger partial charge in [-0.25, -0.2) is 0 Å². The van der Waals surface area contributed by atoms with Crippen LogP contribution in [0.25, 0.3) is 11.0 Å². The summed E-state index contributed by atoms with van der Waals surface area (Å²) in [5, 5.41) is 1.48. The van der Waals surface area contributed by atoms with Crippen LogP contribution in [0.4, 0.5) is 0 Å². The molecule has 0 spiro atoms. The van der Waals surface area contributed by atoms with Gasteiger partial charge in [-0.15, -0.1) is 0 Å². The molecule has 0 N–H and O–H groups in total. The van der Waals surface area contributed by atoms with Crippen molar-refractivity contribution in [2.75, 3.05) is 7.11 Å². The Bertz CT molecular complexity index is 666. The topological polar surface area (TPSA) is 39.4 Å². The Hall–Kier alpha value is -1.32. The number of fused-ring (bicyclic) bond motifs is 1. The van der Waals surface area contributed by atoms with Gasteiger partial charge in [0.15, 0.2) is 5.76 Å². The van der Waals surface area contributed by atoms with Crippen molar-refractivity contribution < 1.29 is 13.9 Å². The minimum atomic E-state index is -0.732. The molecule has 4 heteroatoms. The minimum absolute atomic E-state index is 0.0516. The number of rotatable bonds is 3. The molecule has 1 aromatic heterocycles. The predicted molar refractivity (Wildman–Crippen MR) is 82.9 cm³/mol. The lowest BCUT2D eigenvalue weighted by Gasteiger charge is -2.36. The van der Waals surface area contributed by atoms with Crippen LogP contribution in [0.3, 0.4) is 0 Å². The van der Waals surface area contributed by atoms with E-state index in [1.807, 2.05) is 0 Å². The van der Waals surface area contributed by atoms with Crippen molar-refractivity contribution in [2.24, 2.45) is 5.92 Å². The molecule has 0 bridgehead atoms. The van der Waals surface area contributed by atoms with Crippen LogP contribution in [0, 0.1) is 5.92 Å². The summed E-state index contributed by atoms with van der Waals surface area (Å²) in [4.78, 5) is 12.9. The zero-order chi connectivity index (χ0) is 15.0. The van der Waals surface area contributed by atoms with Gasteiger partial charge < -0.3 is 9.15 Å². The summed E-state index contributed by atoms with van der Waals surface area (Å²) in [6.07, 6.45) is 3.51. The van der Waals surface area contributed by atoms with Gasteiger partial charge in [-0.1, -0.05) is 18.5 Å². The summed E-state index contributed by atoms with van der Waals surface area (Å²) < 4.78 is 11.3. The van der Waals surface area contributed by atoms with E-state index < -0.39 is 5.60 Å². The Kier molecular flexibility index (Phi) is 3.80. The summed E-state index contributed by atoms with van der Waals surface area (Å²) in [7, 11) is 1.62. The van der Waals surface area contributed by atoms with Gasteiger partial charge in [-0.3, -0.25) is 4.79 Å². The summed E-state index contributed by atoms with van der Waals surface area (Å²) >= 11 is 5.98. The zero-order valence-electron chi connectivity index (χ0n) is 12.3. The Morgan fingerprint density at radius 1 is 1.33 bits per heavy atom. The normalized spacial score (nSPS) is 26.1. The van der Waals surface area contributed by atoms with Crippen LogP contribution in [0.2, 0.25) is 5.02 Å². The molecule has 2 aromatic rings. The van der Waals surface area contributed by atoms with E-state index in [1.54, 1.807) is 31.4 Å². The molecule has 3 nitrogen and oxygen atoms in total. The molecule has 0 saturated heterocycles. The van der Waals surface area contributed by atoms with Crippen molar-refractivity contribution in [3.8, 4) is 0 Å². The van der Waals surface area contributed by atoms with Crippen LogP contribution in [-0.4, -0.2) is 18.5 Å². The molecule has 1 aliphatic rings. The van der Waals surface area contributed by atoms with E-state index in [0.717, 1.165) is 31.1 Å². The van der Waals surface area contributed by atoms with Crippen molar-refractivity contribution in [1.29, 1.82) is 0 Å². The van der Waals surface area contributed by atoms with Gasteiger partial charge in [-0.05, 0) is 55.9 Å².